The molecular formula is C17H21NO4S. The minimum atomic E-state index is -3.43. The smallest absolute Gasteiger partial charge is 0.242 e. The van der Waals surface area contributed by atoms with Gasteiger partial charge in [0.1, 0.15) is 18.1 Å². The minimum Gasteiger partial charge on any atom is -0.494 e. The van der Waals surface area contributed by atoms with Crippen molar-refractivity contribution in [2.24, 2.45) is 0 Å². The molecule has 2 aromatic rings. The van der Waals surface area contributed by atoms with Crippen LogP contribution in [0.2, 0.25) is 0 Å². The summed E-state index contributed by atoms with van der Waals surface area (Å²) in [6.45, 7) is 2.84. The summed E-state index contributed by atoms with van der Waals surface area (Å²) in [5.74, 6) is 1.49. The van der Waals surface area contributed by atoms with E-state index in [0.717, 1.165) is 11.3 Å². The summed E-state index contributed by atoms with van der Waals surface area (Å²) in [6, 6.07) is 14.1. The summed E-state index contributed by atoms with van der Waals surface area (Å²) in [5, 5.41) is 0. The van der Waals surface area contributed by atoms with E-state index in [4.69, 9.17) is 9.47 Å². The Labute approximate surface area is 137 Å². The lowest BCUT2D eigenvalue weighted by atomic mass is 10.2. The molecule has 0 amide bonds. The fourth-order valence-electron chi connectivity index (χ4n) is 1.97. The summed E-state index contributed by atoms with van der Waals surface area (Å²) in [7, 11) is -0.408. The van der Waals surface area contributed by atoms with E-state index < -0.39 is 10.0 Å². The molecule has 0 aliphatic heterocycles. The molecule has 2 aromatic carbocycles. The van der Waals surface area contributed by atoms with Crippen molar-refractivity contribution in [1.29, 1.82) is 0 Å². The average molecular weight is 335 g/mol. The number of hydrogen-bond acceptors (Lipinski definition) is 4. The highest BCUT2D eigenvalue weighted by molar-refractivity contribution is 7.89. The molecule has 0 fully saturated rings. The second kappa shape index (κ2) is 7.48. The molecule has 0 N–H and O–H groups in total. The minimum absolute atomic E-state index is 0.260. The number of hydrogen-bond donors (Lipinski definition) is 0. The molecule has 0 heterocycles. The van der Waals surface area contributed by atoms with Gasteiger partial charge in [-0.2, -0.15) is 0 Å². The molecule has 0 spiro atoms. The molecule has 0 aromatic heterocycles. The lowest BCUT2D eigenvalue weighted by molar-refractivity contribution is 0.303. The summed E-state index contributed by atoms with van der Waals surface area (Å²) < 4.78 is 36.5. The molecule has 0 atom stereocenters. The van der Waals surface area contributed by atoms with E-state index in [2.05, 4.69) is 0 Å². The van der Waals surface area contributed by atoms with Gasteiger partial charge in [0.15, 0.2) is 0 Å². The third kappa shape index (κ3) is 4.46. The van der Waals surface area contributed by atoms with Crippen LogP contribution in [-0.2, 0) is 16.6 Å². The first-order valence-corrected chi connectivity index (χ1v) is 8.74. The molecule has 2 rings (SSSR count). The van der Waals surface area contributed by atoms with Gasteiger partial charge in [0, 0.05) is 14.1 Å². The van der Waals surface area contributed by atoms with Crippen LogP contribution in [0.3, 0.4) is 0 Å². The number of sulfonamides is 1. The van der Waals surface area contributed by atoms with Crippen LogP contribution in [0.1, 0.15) is 12.5 Å². The molecule has 0 saturated carbocycles. The van der Waals surface area contributed by atoms with Gasteiger partial charge in [0.25, 0.3) is 0 Å². The van der Waals surface area contributed by atoms with Crippen molar-refractivity contribution in [2.45, 2.75) is 18.4 Å². The Morgan fingerprint density at radius 3 is 2.13 bits per heavy atom. The second-order valence-corrected chi connectivity index (χ2v) is 7.28. The fourth-order valence-corrected chi connectivity index (χ4v) is 2.94. The number of rotatable bonds is 7. The highest BCUT2D eigenvalue weighted by Gasteiger charge is 2.17. The van der Waals surface area contributed by atoms with Gasteiger partial charge < -0.3 is 9.47 Å². The van der Waals surface area contributed by atoms with Crippen LogP contribution in [0, 0.1) is 0 Å². The predicted octanol–water partition coefficient (Wildman–Crippen LogP) is 2.91. The first kappa shape index (κ1) is 17.3. The Morgan fingerprint density at radius 1 is 0.957 bits per heavy atom. The molecule has 5 nitrogen and oxygen atoms in total. The van der Waals surface area contributed by atoms with Gasteiger partial charge in [-0.15, -0.1) is 0 Å². The Kier molecular flexibility index (Phi) is 5.63. The highest BCUT2D eigenvalue weighted by Crippen LogP contribution is 2.20. The fraction of sp³-hybridized carbons (Fsp3) is 0.294. The van der Waals surface area contributed by atoms with Crippen molar-refractivity contribution in [2.75, 3.05) is 20.7 Å². The van der Waals surface area contributed by atoms with Crippen molar-refractivity contribution in [3.63, 3.8) is 0 Å². The molecule has 0 saturated heterocycles. The van der Waals surface area contributed by atoms with Gasteiger partial charge in [-0.05, 0) is 48.9 Å². The van der Waals surface area contributed by atoms with Gasteiger partial charge in [-0.1, -0.05) is 12.1 Å². The molecule has 0 bridgehead atoms. The maximum Gasteiger partial charge on any atom is 0.242 e. The van der Waals surface area contributed by atoms with Gasteiger partial charge in [-0.25, -0.2) is 12.7 Å². The normalized spacial score (nSPS) is 11.5. The van der Waals surface area contributed by atoms with Crippen LogP contribution < -0.4 is 9.47 Å². The second-order valence-electron chi connectivity index (χ2n) is 5.13. The molecule has 0 unspecified atom stereocenters. The average Bonchev–Trinajstić information content (AvgIpc) is 2.54. The van der Waals surface area contributed by atoms with Gasteiger partial charge in [-0.3, -0.25) is 0 Å². The maximum absolute atomic E-state index is 12.1. The zero-order valence-corrected chi connectivity index (χ0v) is 14.3. The summed E-state index contributed by atoms with van der Waals surface area (Å²) in [6.07, 6.45) is 0. The van der Waals surface area contributed by atoms with E-state index in [1.54, 1.807) is 18.2 Å². The number of ether oxygens (including phenoxy) is 2. The molecule has 0 aliphatic carbocycles. The van der Waals surface area contributed by atoms with E-state index >= 15 is 0 Å². The Bertz CT molecular complexity index is 739. The van der Waals surface area contributed by atoms with Crippen molar-refractivity contribution in [3.05, 3.63) is 54.1 Å². The van der Waals surface area contributed by atoms with E-state index in [0.29, 0.717) is 19.0 Å². The van der Waals surface area contributed by atoms with Crippen LogP contribution in [0.5, 0.6) is 11.5 Å². The van der Waals surface area contributed by atoms with Crippen molar-refractivity contribution in [3.8, 4) is 11.5 Å². The van der Waals surface area contributed by atoms with Gasteiger partial charge >= 0.3 is 0 Å². The van der Waals surface area contributed by atoms with E-state index in [9.17, 15) is 8.42 Å². The van der Waals surface area contributed by atoms with Crippen LogP contribution in [0.25, 0.3) is 0 Å². The molecule has 124 valence electrons. The Hall–Kier alpha value is -2.05. The summed E-state index contributed by atoms with van der Waals surface area (Å²) >= 11 is 0. The van der Waals surface area contributed by atoms with Crippen LogP contribution >= 0.6 is 0 Å². The molecular weight excluding hydrogens is 314 g/mol. The number of nitrogens with zero attached hydrogens (tertiary/aromatic N) is 1. The van der Waals surface area contributed by atoms with Crippen molar-refractivity contribution >= 4 is 10.0 Å². The zero-order valence-electron chi connectivity index (χ0n) is 13.5. The van der Waals surface area contributed by atoms with Crippen molar-refractivity contribution < 1.29 is 17.9 Å². The van der Waals surface area contributed by atoms with Crippen LogP contribution in [-0.4, -0.2) is 33.4 Å². The largest absolute Gasteiger partial charge is 0.494 e. The lowest BCUT2D eigenvalue weighted by Gasteiger charge is -2.13. The van der Waals surface area contributed by atoms with E-state index in [1.165, 1.54) is 18.4 Å². The lowest BCUT2D eigenvalue weighted by Crippen LogP contribution is -2.22. The third-order valence-corrected chi connectivity index (χ3v) is 5.03. The zero-order chi connectivity index (χ0) is 16.9. The predicted molar refractivity (Wildman–Crippen MR) is 89.3 cm³/mol. The Balaban J connectivity index is 2.06. The third-order valence-electron chi connectivity index (χ3n) is 3.22. The standard InChI is InChI=1S/C17H21NO4S/c1-4-21-15-8-10-16(11-9-15)22-13-14-6-5-7-17(12-14)23(19,20)18(2)3/h5-12H,4,13H2,1-3H3. The topological polar surface area (TPSA) is 55.8 Å². The highest BCUT2D eigenvalue weighted by atomic mass is 32.2. The van der Waals surface area contributed by atoms with Crippen LogP contribution in [0.4, 0.5) is 0 Å². The summed E-state index contributed by atoms with van der Waals surface area (Å²) in [4.78, 5) is 0.260. The van der Waals surface area contributed by atoms with Gasteiger partial charge in [0.05, 0.1) is 11.5 Å². The quantitative estimate of drug-likeness (QED) is 0.781. The Morgan fingerprint density at radius 2 is 1.57 bits per heavy atom. The van der Waals surface area contributed by atoms with E-state index in [1.807, 2.05) is 37.3 Å². The van der Waals surface area contributed by atoms with E-state index in [-0.39, 0.29) is 4.90 Å². The summed E-state index contributed by atoms with van der Waals surface area (Å²) in [5.41, 5.74) is 0.793. The molecule has 6 heteroatoms. The molecule has 0 aliphatic rings. The monoisotopic (exact) mass is 335 g/mol. The first-order valence-electron chi connectivity index (χ1n) is 7.30. The first-order chi connectivity index (χ1) is 10.9. The SMILES string of the molecule is CCOc1ccc(OCc2cccc(S(=O)(=O)N(C)C)c2)cc1. The maximum atomic E-state index is 12.1. The molecule has 0 radical (unpaired) electrons. The number of benzene rings is 2. The van der Waals surface area contributed by atoms with Crippen molar-refractivity contribution in [1.82, 2.24) is 4.31 Å². The van der Waals surface area contributed by atoms with Crippen LogP contribution in [0.15, 0.2) is 53.4 Å². The molecule has 23 heavy (non-hydrogen) atoms. The van der Waals surface area contributed by atoms with Gasteiger partial charge in [0.2, 0.25) is 10.0 Å².